The van der Waals surface area contributed by atoms with Gasteiger partial charge in [0.2, 0.25) is 10.0 Å². The van der Waals surface area contributed by atoms with E-state index >= 15 is 0 Å². The van der Waals surface area contributed by atoms with Crippen molar-refractivity contribution in [3.8, 4) is 11.5 Å². The topological polar surface area (TPSA) is 91.0 Å². The molecule has 11 heteroatoms. The summed E-state index contributed by atoms with van der Waals surface area (Å²) in [6.45, 7) is 5.01. The number of likely N-dealkylation sites (tertiary alicyclic amines) is 1. The van der Waals surface area contributed by atoms with Crippen LogP contribution in [0.2, 0.25) is 0 Å². The second-order valence-corrected chi connectivity index (χ2v) is 11.9. The maximum atomic E-state index is 14.1. The van der Waals surface area contributed by atoms with E-state index in [2.05, 4.69) is 21.9 Å². The van der Waals surface area contributed by atoms with E-state index in [1.807, 2.05) is 24.3 Å². The van der Waals surface area contributed by atoms with Gasteiger partial charge >= 0.3 is 6.03 Å². The molecule has 3 aromatic rings. The summed E-state index contributed by atoms with van der Waals surface area (Å²) in [5, 5.41) is 2.62. The van der Waals surface area contributed by atoms with E-state index in [1.54, 1.807) is 17.0 Å². The van der Waals surface area contributed by atoms with Crippen LogP contribution in [0.5, 0.6) is 11.5 Å². The molecule has 2 amide bonds. The Morgan fingerprint density at radius 3 is 2.22 bits per heavy atom. The Kier molecular flexibility index (Phi) is 10.3. The molecule has 0 spiro atoms. The molecule has 0 atom stereocenters. The van der Waals surface area contributed by atoms with Gasteiger partial charge in [-0.3, -0.25) is 4.90 Å². The van der Waals surface area contributed by atoms with Crippen molar-refractivity contribution in [1.82, 2.24) is 14.5 Å². The van der Waals surface area contributed by atoms with Gasteiger partial charge < -0.3 is 15.0 Å². The van der Waals surface area contributed by atoms with Gasteiger partial charge in [0.05, 0.1) is 10.6 Å². The summed E-state index contributed by atoms with van der Waals surface area (Å²) in [7, 11) is -2.13. The highest BCUT2D eigenvalue weighted by molar-refractivity contribution is 7.89. The fourth-order valence-corrected chi connectivity index (χ4v) is 5.54. The van der Waals surface area contributed by atoms with Crippen LogP contribution in [0, 0.1) is 11.6 Å². The van der Waals surface area contributed by atoms with Crippen LogP contribution in [-0.2, 0) is 16.6 Å². The molecule has 0 unspecified atom stereocenters. The molecule has 41 heavy (non-hydrogen) atoms. The van der Waals surface area contributed by atoms with Crippen molar-refractivity contribution >= 4 is 21.7 Å². The molecule has 220 valence electrons. The highest BCUT2D eigenvalue weighted by Crippen LogP contribution is 2.25. The molecule has 0 aromatic heterocycles. The summed E-state index contributed by atoms with van der Waals surface area (Å²) < 4.78 is 59.3. The molecule has 1 aliphatic heterocycles. The Hall–Kier alpha value is -3.54. The summed E-state index contributed by atoms with van der Waals surface area (Å²) >= 11 is 0. The summed E-state index contributed by atoms with van der Waals surface area (Å²) in [5.74, 6) is -0.300. The van der Waals surface area contributed by atoms with Gasteiger partial charge in [0.15, 0.2) is 0 Å². The van der Waals surface area contributed by atoms with Gasteiger partial charge in [-0.05, 0) is 80.4 Å². The molecule has 1 aliphatic rings. The van der Waals surface area contributed by atoms with E-state index in [1.165, 1.54) is 25.2 Å². The van der Waals surface area contributed by atoms with Gasteiger partial charge in [0, 0.05) is 38.3 Å². The minimum absolute atomic E-state index is 0.0264. The van der Waals surface area contributed by atoms with Gasteiger partial charge in [-0.1, -0.05) is 25.5 Å². The number of halogens is 2. The smallest absolute Gasteiger partial charge is 0.322 e. The second-order valence-electron chi connectivity index (χ2n) is 10.0. The Bertz CT molecular complexity index is 1410. The Labute approximate surface area is 240 Å². The van der Waals surface area contributed by atoms with E-state index < -0.39 is 21.7 Å². The number of rotatable bonds is 11. The van der Waals surface area contributed by atoms with E-state index in [0.29, 0.717) is 18.0 Å². The lowest BCUT2D eigenvalue weighted by molar-refractivity contribution is 0.122. The molecule has 1 fully saturated rings. The molecular formula is C30H36F2N4O4S. The van der Waals surface area contributed by atoms with Crippen molar-refractivity contribution in [1.29, 1.82) is 0 Å². The van der Waals surface area contributed by atoms with Gasteiger partial charge in [0.25, 0.3) is 0 Å². The molecule has 0 saturated carbocycles. The number of urea groups is 1. The van der Waals surface area contributed by atoms with Crippen molar-refractivity contribution in [3.05, 3.63) is 83.9 Å². The highest BCUT2D eigenvalue weighted by atomic mass is 32.2. The first-order valence-corrected chi connectivity index (χ1v) is 15.2. The quantitative estimate of drug-likeness (QED) is 0.289. The van der Waals surface area contributed by atoms with E-state index in [9.17, 15) is 22.0 Å². The summed E-state index contributed by atoms with van der Waals surface area (Å²) in [4.78, 5) is 17.4. The maximum absolute atomic E-state index is 14.1. The Morgan fingerprint density at radius 1 is 1.00 bits per heavy atom. The van der Waals surface area contributed by atoms with Gasteiger partial charge in [-0.15, -0.1) is 0 Å². The molecule has 1 heterocycles. The zero-order chi connectivity index (χ0) is 29.4. The molecule has 3 aromatic carbocycles. The predicted molar refractivity (Wildman–Crippen MR) is 154 cm³/mol. The minimum Gasteiger partial charge on any atom is -0.457 e. The number of unbranched alkanes of at least 4 members (excludes halogenated alkanes) is 1. The van der Waals surface area contributed by atoms with Crippen molar-refractivity contribution in [3.63, 3.8) is 0 Å². The van der Waals surface area contributed by atoms with E-state index in [0.717, 1.165) is 63.0 Å². The molecule has 0 bridgehead atoms. The summed E-state index contributed by atoms with van der Waals surface area (Å²) in [5.41, 5.74) is 1.10. The number of amides is 2. The Balaban J connectivity index is 1.30. The molecule has 1 saturated heterocycles. The number of carbonyl (C=O) groups is 1. The van der Waals surface area contributed by atoms with E-state index in [-0.39, 0.29) is 22.7 Å². The SMILES string of the molecule is CCCCN(C(=O)Nc1ccc(F)cc1F)C1CCN(Cc2ccc(Oc3ccc(S(=O)(=O)NC)cc3)cc2)CC1. The molecule has 0 aliphatic carbocycles. The normalized spacial score (nSPS) is 14.5. The lowest BCUT2D eigenvalue weighted by Crippen LogP contribution is -2.49. The molecule has 0 radical (unpaired) electrons. The largest absolute Gasteiger partial charge is 0.457 e. The average Bonchev–Trinajstić information content (AvgIpc) is 2.97. The number of nitrogens with one attached hydrogen (secondary N) is 2. The lowest BCUT2D eigenvalue weighted by atomic mass is 10.0. The lowest BCUT2D eigenvalue weighted by Gasteiger charge is -2.38. The van der Waals surface area contributed by atoms with Crippen LogP contribution >= 0.6 is 0 Å². The van der Waals surface area contributed by atoms with Gasteiger partial charge in [-0.25, -0.2) is 26.7 Å². The number of carbonyl (C=O) groups excluding carboxylic acids is 1. The van der Waals surface area contributed by atoms with Crippen LogP contribution < -0.4 is 14.8 Å². The van der Waals surface area contributed by atoms with Crippen molar-refractivity contribution < 1.29 is 26.7 Å². The first kappa shape index (κ1) is 30.4. The molecule has 8 nitrogen and oxygen atoms in total. The molecule has 4 rings (SSSR count). The molecular weight excluding hydrogens is 550 g/mol. The van der Waals surface area contributed by atoms with Crippen molar-refractivity contribution in [2.24, 2.45) is 0 Å². The third kappa shape index (κ3) is 8.25. The average molecular weight is 587 g/mol. The van der Waals surface area contributed by atoms with Gasteiger partial charge in [0.1, 0.15) is 23.1 Å². The van der Waals surface area contributed by atoms with Crippen molar-refractivity contribution in [2.45, 2.75) is 50.1 Å². The van der Waals surface area contributed by atoms with Crippen LogP contribution in [-0.4, -0.2) is 57.0 Å². The van der Waals surface area contributed by atoms with Crippen LogP contribution in [0.1, 0.15) is 38.2 Å². The van der Waals surface area contributed by atoms with Crippen LogP contribution in [0.3, 0.4) is 0 Å². The standard InChI is InChI=1S/C30H36F2N4O4S/c1-3-4-17-36(30(37)34-29-14-7-23(31)20-28(29)32)24-15-18-35(19-16-24)21-22-5-8-25(9-6-22)40-26-10-12-27(13-11-26)41(38,39)33-2/h5-14,20,24,33H,3-4,15-19,21H2,1-2H3,(H,34,37). The minimum atomic E-state index is -3.50. The number of hydrogen-bond acceptors (Lipinski definition) is 5. The third-order valence-corrected chi connectivity index (χ3v) is 8.58. The zero-order valence-corrected chi connectivity index (χ0v) is 24.1. The highest BCUT2D eigenvalue weighted by Gasteiger charge is 2.28. The van der Waals surface area contributed by atoms with Crippen LogP contribution in [0.4, 0.5) is 19.3 Å². The predicted octanol–water partition coefficient (Wildman–Crippen LogP) is 5.96. The number of hydrogen-bond donors (Lipinski definition) is 2. The van der Waals surface area contributed by atoms with Crippen LogP contribution in [0.15, 0.2) is 71.6 Å². The number of benzene rings is 3. The van der Waals surface area contributed by atoms with Crippen molar-refractivity contribution in [2.75, 3.05) is 32.0 Å². The van der Waals surface area contributed by atoms with E-state index in [4.69, 9.17) is 4.74 Å². The number of piperidine rings is 1. The number of sulfonamides is 1. The monoisotopic (exact) mass is 586 g/mol. The third-order valence-electron chi connectivity index (χ3n) is 7.15. The van der Waals surface area contributed by atoms with Gasteiger partial charge in [-0.2, -0.15) is 0 Å². The van der Waals surface area contributed by atoms with Crippen LogP contribution in [0.25, 0.3) is 0 Å². The second kappa shape index (κ2) is 13.9. The zero-order valence-electron chi connectivity index (χ0n) is 23.3. The number of ether oxygens (including phenoxy) is 1. The first-order valence-electron chi connectivity index (χ1n) is 13.7. The fourth-order valence-electron chi connectivity index (χ4n) is 4.81. The Morgan fingerprint density at radius 2 is 1.63 bits per heavy atom. The molecule has 2 N–H and O–H groups in total. The number of nitrogens with zero attached hydrogens (tertiary/aromatic N) is 2. The summed E-state index contributed by atoms with van der Waals surface area (Å²) in [6, 6.07) is 16.8. The summed E-state index contributed by atoms with van der Waals surface area (Å²) in [6.07, 6.45) is 3.36. The fraction of sp³-hybridized carbons (Fsp3) is 0.367. The first-order chi connectivity index (χ1) is 19.7. The maximum Gasteiger partial charge on any atom is 0.322 e. The number of anilines is 1.